The van der Waals surface area contributed by atoms with Crippen LogP contribution in [0, 0.1) is 18.2 Å². The van der Waals surface area contributed by atoms with Gasteiger partial charge in [-0.15, -0.1) is 0 Å². The van der Waals surface area contributed by atoms with Gasteiger partial charge < -0.3 is 26.8 Å². The molecule has 3 aromatic rings. The molecule has 0 saturated carbocycles. The van der Waals surface area contributed by atoms with Gasteiger partial charge in [-0.2, -0.15) is 0 Å². The zero-order chi connectivity index (χ0) is 19.3. The maximum atomic E-state index is 13.9. The van der Waals surface area contributed by atoms with Crippen molar-refractivity contribution in [1.29, 1.82) is 5.41 Å². The van der Waals surface area contributed by atoms with Crippen molar-refractivity contribution in [3.8, 4) is 11.1 Å². The molecule has 6 N–H and O–H groups in total. The van der Waals surface area contributed by atoms with Gasteiger partial charge >= 0.3 is 0 Å². The zero-order valence-corrected chi connectivity index (χ0v) is 14.8. The number of anilines is 3. The molecule has 0 unspecified atom stereocenters. The third-order valence-electron chi connectivity index (χ3n) is 5.15. The molecule has 138 valence electrons. The number of benzene rings is 1. The minimum atomic E-state index is -0.630. The molecule has 3 heterocycles. The predicted octanol–water partition coefficient (Wildman–Crippen LogP) is 2.41. The van der Waals surface area contributed by atoms with Gasteiger partial charge in [-0.3, -0.25) is 9.78 Å². The molecule has 1 saturated heterocycles. The summed E-state index contributed by atoms with van der Waals surface area (Å²) < 4.78 is 13.9. The summed E-state index contributed by atoms with van der Waals surface area (Å²) in [5.74, 6) is -0.630. The van der Waals surface area contributed by atoms with Crippen LogP contribution >= 0.6 is 0 Å². The molecule has 0 atom stereocenters. The highest BCUT2D eigenvalue weighted by Gasteiger charge is 2.23. The van der Waals surface area contributed by atoms with Gasteiger partial charge in [0.05, 0.1) is 28.6 Å². The number of nitrogen functional groups attached to an aromatic ring is 2. The van der Waals surface area contributed by atoms with Crippen molar-refractivity contribution >= 4 is 34.3 Å². The molecule has 7 nitrogen and oxygen atoms in total. The summed E-state index contributed by atoms with van der Waals surface area (Å²) in [6.45, 7) is 3.82. The molecule has 0 radical (unpaired) electrons. The van der Waals surface area contributed by atoms with Crippen LogP contribution in [0.4, 0.5) is 21.5 Å². The molecule has 0 bridgehead atoms. The molecule has 0 aliphatic carbocycles. The lowest BCUT2D eigenvalue weighted by Gasteiger charge is -2.34. The van der Waals surface area contributed by atoms with E-state index in [-0.39, 0.29) is 16.9 Å². The number of rotatable bonds is 3. The topological polar surface area (TPSA) is 125 Å². The Labute approximate surface area is 154 Å². The summed E-state index contributed by atoms with van der Waals surface area (Å²) in [5, 5.41) is 7.64. The Kier molecular flexibility index (Phi) is 3.83. The third-order valence-corrected chi connectivity index (χ3v) is 5.15. The smallest absolute Gasteiger partial charge is 0.272 e. The molecule has 4 rings (SSSR count). The van der Waals surface area contributed by atoms with Gasteiger partial charge in [-0.05, 0) is 30.5 Å². The predicted molar refractivity (Wildman–Crippen MR) is 106 cm³/mol. The van der Waals surface area contributed by atoms with Crippen LogP contribution in [0.3, 0.4) is 0 Å². The highest BCUT2D eigenvalue weighted by molar-refractivity contribution is 6.06. The fourth-order valence-electron chi connectivity index (χ4n) is 3.49. The van der Waals surface area contributed by atoms with Crippen LogP contribution in [0.25, 0.3) is 22.2 Å². The highest BCUT2D eigenvalue weighted by atomic mass is 19.1. The quantitative estimate of drug-likeness (QED) is 0.418. The molecule has 0 spiro atoms. The Hall–Kier alpha value is -3.42. The minimum absolute atomic E-state index is 0.0415. The van der Waals surface area contributed by atoms with Crippen LogP contribution in [-0.4, -0.2) is 29.3 Å². The van der Waals surface area contributed by atoms with Crippen molar-refractivity contribution < 1.29 is 4.39 Å². The highest BCUT2D eigenvalue weighted by Crippen LogP contribution is 2.37. The molecule has 1 fully saturated rings. The van der Waals surface area contributed by atoms with Crippen LogP contribution in [0.1, 0.15) is 17.5 Å². The first-order valence-electron chi connectivity index (χ1n) is 8.59. The fourth-order valence-corrected chi connectivity index (χ4v) is 3.49. The molecule has 27 heavy (non-hydrogen) atoms. The number of aryl methyl sites for hydroxylation is 1. The van der Waals surface area contributed by atoms with Gasteiger partial charge in [0, 0.05) is 30.4 Å². The van der Waals surface area contributed by atoms with Gasteiger partial charge in [0.1, 0.15) is 11.5 Å². The second-order valence-corrected chi connectivity index (χ2v) is 6.64. The van der Waals surface area contributed by atoms with E-state index < -0.39 is 11.4 Å². The lowest BCUT2D eigenvalue weighted by Crippen LogP contribution is -2.37. The van der Waals surface area contributed by atoms with Gasteiger partial charge in [-0.1, -0.05) is 6.07 Å². The molecular weight excluding hydrogens is 347 g/mol. The number of H-pyrrole nitrogens is 1. The Bertz CT molecular complexity index is 1150. The van der Waals surface area contributed by atoms with Crippen molar-refractivity contribution in [1.82, 2.24) is 9.97 Å². The summed E-state index contributed by atoms with van der Waals surface area (Å²) in [7, 11) is 0. The van der Waals surface area contributed by atoms with Crippen LogP contribution < -0.4 is 21.9 Å². The molecule has 8 heteroatoms. The van der Waals surface area contributed by atoms with Crippen LogP contribution in [0.15, 0.2) is 23.1 Å². The maximum absolute atomic E-state index is 13.9. The summed E-state index contributed by atoms with van der Waals surface area (Å²) in [4.78, 5) is 22.1. The van der Waals surface area contributed by atoms with E-state index >= 15 is 0 Å². The summed E-state index contributed by atoms with van der Waals surface area (Å²) in [5.41, 5.74) is 15.1. The molecule has 1 aromatic carbocycles. The third kappa shape index (κ3) is 2.44. The Morgan fingerprint density at radius 2 is 2.04 bits per heavy atom. The molecule has 2 aromatic heterocycles. The normalized spacial score (nSPS) is 13.6. The molecule has 1 aliphatic heterocycles. The Morgan fingerprint density at radius 1 is 1.30 bits per heavy atom. The van der Waals surface area contributed by atoms with Gasteiger partial charge in [0.2, 0.25) is 0 Å². The first-order valence-corrected chi connectivity index (χ1v) is 8.59. The van der Waals surface area contributed by atoms with Crippen molar-refractivity contribution in [2.24, 2.45) is 0 Å². The number of fused-ring (bicyclic) bond motifs is 1. The largest absolute Gasteiger partial charge is 0.396 e. The average Bonchev–Trinajstić information content (AvgIpc) is 2.60. The van der Waals surface area contributed by atoms with Crippen LogP contribution in [0.5, 0.6) is 0 Å². The van der Waals surface area contributed by atoms with Crippen molar-refractivity contribution in [3.05, 3.63) is 45.6 Å². The zero-order valence-electron chi connectivity index (χ0n) is 14.8. The lowest BCUT2D eigenvalue weighted by molar-refractivity contribution is 0.615. The molecule has 1 aliphatic rings. The van der Waals surface area contributed by atoms with Crippen molar-refractivity contribution in [3.63, 3.8) is 0 Å². The number of aromatic amines is 1. The SMILES string of the molecule is Cc1c(N2CCC2)cnc2c(-c3ccc(F)c(N)c3C=N)c(N)c(=O)[nH]c12. The van der Waals surface area contributed by atoms with E-state index in [2.05, 4.69) is 14.9 Å². The maximum Gasteiger partial charge on any atom is 0.272 e. The van der Waals surface area contributed by atoms with E-state index in [1.807, 2.05) is 6.92 Å². The molecule has 0 amide bonds. The standard InChI is InChI=1S/C19H19FN6O/c1-9-13(26-5-2-6-26)8-24-18-14(16(23)19(27)25-17(9)18)10-3-4-12(20)15(22)11(10)7-21/h3-4,7-8,21H,2,5-6,22-23H2,1H3,(H,25,27). The number of aromatic nitrogens is 2. The number of halogens is 1. The molecular formula is C19H19FN6O. The Morgan fingerprint density at radius 3 is 2.67 bits per heavy atom. The van der Waals surface area contributed by atoms with Crippen LogP contribution in [-0.2, 0) is 0 Å². The Balaban J connectivity index is 2.08. The number of nitrogens with one attached hydrogen (secondary N) is 2. The number of nitrogens with two attached hydrogens (primary N) is 2. The number of hydrogen-bond donors (Lipinski definition) is 4. The van der Waals surface area contributed by atoms with Gasteiger partial charge in [0.15, 0.2) is 0 Å². The number of nitrogens with zero attached hydrogens (tertiary/aromatic N) is 2. The van der Waals surface area contributed by atoms with Gasteiger partial charge in [-0.25, -0.2) is 4.39 Å². The monoisotopic (exact) mass is 366 g/mol. The van der Waals surface area contributed by atoms with Gasteiger partial charge in [0.25, 0.3) is 5.56 Å². The fraction of sp³-hybridized carbons (Fsp3) is 0.211. The van der Waals surface area contributed by atoms with E-state index in [9.17, 15) is 9.18 Å². The van der Waals surface area contributed by atoms with E-state index in [1.165, 1.54) is 12.1 Å². The summed E-state index contributed by atoms with van der Waals surface area (Å²) in [6, 6.07) is 2.67. The summed E-state index contributed by atoms with van der Waals surface area (Å²) >= 11 is 0. The van der Waals surface area contributed by atoms with E-state index in [1.54, 1.807) is 6.20 Å². The minimum Gasteiger partial charge on any atom is -0.396 e. The first kappa shape index (κ1) is 17.0. The van der Waals surface area contributed by atoms with Crippen molar-refractivity contribution in [2.45, 2.75) is 13.3 Å². The lowest BCUT2D eigenvalue weighted by atomic mass is 9.95. The van der Waals surface area contributed by atoms with E-state index in [4.69, 9.17) is 16.9 Å². The first-order chi connectivity index (χ1) is 12.9. The second-order valence-electron chi connectivity index (χ2n) is 6.64. The van der Waals surface area contributed by atoms with Crippen molar-refractivity contribution in [2.75, 3.05) is 29.5 Å². The number of hydrogen-bond acceptors (Lipinski definition) is 6. The van der Waals surface area contributed by atoms with E-state index in [0.29, 0.717) is 22.2 Å². The second kappa shape index (κ2) is 6.08. The summed E-state index contributed by atoms with van der Waals surface area (Å²) in [6.07, 6.45) is 3.84. The van der Waals surface area contributed by atoms with Crippen LogP contribution in [0.2, 0.25) is 0 Å². The average molecular weight is 366 g/mol. The van der Waals surface area contributed by atoms with E-state index in [0.717, 1.165) is 37.0 Å². The number of pyridine rings is 2.